The third kappa shape index (κ3) is 6.87. The molecule has 7 heteroatoms. The SMILES string of the molecule is COc1ccc(CNC(=O)CN(CCC(C)C)S(=O)(=O)c2ccc(C)cc2)cc1. The van der Waals surface area contributed by atoms with Crippen LogP contribution in [0.1, 0.15) is 31.4 Å². The average Bonchev–Trinajstić information content (AvgIpc) is 2.70. The van der Waals surface area contributed by atoms with Crippen molar-refractivity contribution >= 4 is 15.9 Å². The molecular formula is C22H30N2O4S. The number of sulfonamides is 1. The van der Waals surface area contributed by atoms with Crippen LogP contribution in [0.4, 0.5) is 0 Å². The van der Waals surface area contributed by atoms with Crippen LogP contribution in [0.25, 0.3) is 0 Å². The lowest BCUT2D eigenvalue weighted by Crippen LogP contribution is -2.41. The van der Waals surface area contributed by atoms with E-state index in [0.29, 0.717) is 25.4 Å². The van der Waals surface area contributed by atoms with Crippen LogP contribution in [0.3, 0.4) is 0 Å². The van der Waals surface area contributed by atoms with Gasteiger partial charge in [-0.25, -0.2) is 8.42 Å². The van der Waals surface area contributed by atoms with Gasteiger partial charge < -0.3 is 10.1 Å². The van der Waals surface area contributed by atoms with Gasteiger partial charge in [0.1, 0.15) is 5.75 Å². The predicted molar refractivity (Wildman–Crippen MR) is 114 cm³/mol. The summed E-state index contributed by atoms with van der Waals surface area (Å²) in [6.45, 7) is 6.37. The Morgan fingerprint density at radius 2 is 1.69 bits per heavy atom. The Bertz CT molecular complexity index is 891. The molecule has 1 N–H and O–H groups in total. The topological polar surface area (TPSA) is 75.7 Å². The monoisotopic (exact) mass is 418 g/mol. The molecule has 2 aromatic carbocycles. The zero-order chi connectivity index (χ0) is 21.4. The van der Waals surface area contributed by atoms with Gasteiger partial charge in [-0.1, -0.05) is 43.7 Å². The zero-order valence-electron chi connectivity index (χ0n) is 17.5. The van der Waals surface area contributed by atoms with E-state index in [2.05, 4.69) is 5.32 Å². The maximum Gasteiger partial charge on any atom is 0.243 e. The minimum atomic E-state index is -3.74. The van der Waals surface area contributed by atoms with Crippen molar-refractivity contribution in [1.29, 1.82) is 0 Å². The molecule has 0 spiro atoms. The summed E-state index contributed by atoms with van der Waals surface area (Å²) in [6, 6.07) is 14.0. The van der Waals surface area contributed by atoms with Gasteiger partial charge in [0, 0.05) is 13.1 Å². The first-order valence-corrected chi connectivity index (χ1v) is 11.1. The largest absolute Gasteiger partial charge is 0.497 e. The minimum Gasteiger partial charge on any atom is -0.497 e. The minimum absolute atomic E-state index is 0.204. The Morgan fingerprint density at radius 1 is 1.07 bits per heavy atom. The number of hydrogen-bond donors (Lipinski definition) is 1. The number of aryl methyl sites for hydroxylation is 1. The summed E-state index contributed by atoms with van der Waals surface area (Å²) >= 11 is 0. The van der Waals surface area contributed by atoms with Gasteiger partial charge in [0.25, 0.3) is 0 Å². The number of hydrogen-bond acceptors (Lipinski definition) is 4. The quantitative estimate of drug-likeness (QED) is 0.642. The average molecular weight is 419 g/mol. The lowest BCUT2D eigenvalue weighted by molar-refractivity contribution is -0.121. The highest BCUT2D eigenvalue weighted by atomic mass is 32.2. The van der Waals surface area contributed by atoms with Gasteiger partial charge in [0.15, 0.2) is 0 Å². The maximum atomic E-state index is 13.1. The van der Waals surface area contributed by atoms with Crippen LogP contribution in [0.5, 0.6) is 5.75 Å². The first-order valence-electron chi connectivity index (χ1n) is 9.69. The first-order chi connectivity index (χ1) is 13.7. The Labute approximate surface area is 173 Å². The molecule has 0 aliphatic rings. The smallest absolute Gasteiger partial charge is 0.243 e. The van der Waals surface area contributed by atoms with Crippen LogP contribution in [-0.2, 0) is 21.4 Å². The van der Waals surface area contributed by atoms with Crippen molar-refractivity contribution < 1.29 is 17.9 Å². The molecule has 0 atom stereocenters. The lowest BCUT2D eigenvalue weighted by Gasteiger charge is -2.23. The summed E-state index contributed by atoms with van der Waals surface area (Å²) in [5, 5.41) is 2.80. The summed E-state index contributed by atoms with van der Waals surface area (Å²) in [5.74, 6) is 0.734. The molecule has 0 fully saturated rings. The number of rotatable bonds is 10. The van der Waals surface area contributed by atoms with Gasteiger partial charge >= 0.3 is 0 Å². The highest BCUT2D eigenvalue weighted by Gasteiger charge is 2.26. The summed E-state index contributed by atoms with van der Waals surface area (Å²) in [5.41, 5.74) is 1.89. The van der Waals surface area contributed by atoms with Gasteiger partial charge in [-0.3, -0.25) is 4.79 Å². The molecule has 0 aliphatic heterocycles. The van der Waals surface area contributed by atoms with Gasteiger partial charge in [-0.2, -0.15) is 4.31 Å². The molecule has 0 bridgehead atoms. The Hall–Kier alpha value is -2.38. The van der Waals surface area contributed by atoms with Crippen LogP contribution in [0.15, 0.2) is 53.4 Å². The van der Waals surface area contributed by atoms with Crippen molar-refractivity contribution in [3.8, 4) is 5.75 Å². The van der Waals surface area contributed by atoms with E-state index in [-0.39, 0.29) is 17.3 Å². The van der Waals surface area contributed by atoms with E-state index >= 15 is 0 Å². The summed E-state index contributed by atoms with van der Waals surface area (Å²) in [7, 11) is -2.15. The second kappa shape index (κ2) is 10.4. The zero-order valence-corrected chi connectivity index (χ0v) is 18.3. The Morgan fingerprint density at radius 3 is 2.24 bits per heavy atom. The van der Waals surface area contributed by atoms with Gasteiger partial charge in [-0.05, 0) is 49.1 Å². The van der Waals surface area contributed by atoms with Crippen molar-refractivity contribution in [2.45, 2.75) is 38.6 Å². The van der Waals surface area contributed by atoms with E-state index in [4.69, 9.17) is 4.74 Å². The third-order valence-electron chi connectivity index (χ3n) is 4.58. The fourth-order valence-electron chi connectivity index (χ4n) is 2.71. The molecule has 0 aliphatic carbocycles. The Kier molecular flexibility index (Phi) is 8.22. The van der Waals surface area contributed by atoms with E-state index in [1.165, 1.54) is 4.31 Å². The van der Waals surface area contributed by atoms with Crippen LogP contribution in [0.2, 0.25) is 0 Å². The maximum absolute atomic E-state index is 13.1. The fraction of sp³-hybridized carbons (Fsp3) is 0.409. The number of nitrogens with zero attached hydrogens (tertiary/aromatic N) is 1. The van der Waals surface area contributed by atoms with E-state index in [0.717, 1.165) is 16.9 Å². The number of carbonyl (C=O) groups is 1. The highest BCUT2D eigenvalue weighted by molar-refractivity contribution is 7.89. The number of nitrogens with one attached hydrogen (secondary N) is 1. The van der Waals surface area contributed by atoms with Crippen LogP contribution >= 0.6 is 0 Å². The molecule has 0 unspecified atom stereocenters. The van der Waals surface area contributed by atoms with Gasteiger partial charge in [-0.15, -0.1) is 0 Å². The number of amides is 1. The van der Waals surface area contributed by atoms with Crippen molar-refractivity contribution in [1.82, 2.24) is 9.62 Å². The number of methoxy groups -OCH3 is 1. The van der Waals surface area contributed by atoms with Crippen molar-refractivity contribution in [2.75, 3.05) is 20.2 Å². The summed E-state index contributed by atoms with van der Waals surface area (Å²) < 4.78 is 32.5. The number of benzene rings is 2. The summed E-state index contributed by atoms with van der Waals surface area (Å²) in [6.07, 6.45) is 0.677. The molecule has 0 saturated carbocycles. The predicted octanol–water partition coefficient (Wildman–Crippen LogP) is 3.36. The molecule has 29 heavy (non-hydrogen) atoms. The molecule has 0 saturated heterocycles. The fourth-order valence-corrected chi connectivity index (χ4v) is 4.12. The normalized spacial score (nSPS) is 11.7. The van der Waals surface area contributed by atoms with Crippen molar-refractivity contribution in [2.24, 2.45) is 5.92 Å². The van der Waals surface area contributed by atoms with E-state index < -0.39 is 10.0 Å². The van der Waals surface area contributed by atoms with Crippen LogP contribution in [0, 0.1) is 12.8 Å². The molecule has 0 heterocycles. The van der Waals surface area contributed by atoms with Crippen LogP contribution < -0.4 is 10.1 Å². The standard InChI is InChI=1S/C22H30N2O4S/c1-17(2)13-14-24(29(26,27)21-11-5-18(3)6-12-21)16-22(25)23-15-19-7-9-20(28-4)10-8-19/h5-12,17H,13-16H2,1-4H3,(H,23,25). The number of ether oxygens (including phenoxy) is 1. The van der Waals surface area contributed by atoms with Gasteiger partial charge in [0.05, 0.1) is 18.6 Å². The molecular weight excluding hydrogens is 388 g/mol. The second-order valence-corrected chi connectivity index (χ2v) is 9.40. The molecule has 0 radical (unpaired) electrons. The van der Waals surface area contributed by atoms with E-state index in [1.54, 1.807) is 31.4 Å². The van der Waals surface area contributed by atoms with E-state index in [9.17, 15) is 13.2 Å². The first kappa shape index (κ1) is 22.9. The van der Waals surface area contributed by atoms with Crippen LogP contribution in [-0.4, -0.2) is 38.8 Å². The van der Waals surface area contributed by atoms with E-state index in [1.807, 2.05) is 45.0 Å². The molecule has 2 aromatic rings. The lowest BCUT2D eigenvalue weighted by atomic mass is 10.1. The second-order valence-electron chi connectivity index (χ2n) is 7.46. The molecule has 0 aromatic heterocycles. The summed E-state index contributed by atoms with van der Waals surface area (Å²) in [4.78, 5) is 12.7. The third-order valence-corrected chi connectivity index (χ3v) is 6.44. The molecule has 158 valence electrons. The Balaban J connectivity index is 2.08. The van der Waals surface area contributed by atoms with Crippen molar-refractivity contribution in [3.05, 3.63) is 59.7 Å². The highest BCUT2D eigenvalue weighted by Crippen LogP contribution is 2.18. The van der Waals surface area contributed by atoms with Gasteiger partial charge in [0.2, 0.25) is 15.9 Å². The molecule has 1 amide bonds. The molecule has 2 rings (SSSR count). The number of carbonyl (C=O) groups excluding carboxylic acids is 1. The molecule has 6 nitrogen and oxygen atoms in total. The van der Waals surface area contributed by atoms with Crippen molar-refractivity contribution in [3.63, 3.8) is 0 Å².